The van der Waals surface area contributed by atoms with Gasteiger partial charge in [0.15, 0.2) is 11.5 Å². The van der Waals surface area contributed by atoms with E-state index in [1.807, 2.05) is 0 Å². The van der Waals surface area contributed by atoms with E-state index in [0.29, 0.717) is 0 Å². The van der Waals surface area contributed by atoms with E-state index in [2.05, 4.69) is 5.32 Å². The van der Waals surface area contributed by atoms with Crippen molar-refractivity contribution in [1.29, 1.82) is 0 Å². The van der Waals surface area contributed by atoms with E-state index in [1.54, 1.807) is 55.4 Å². The minimum absolute atomic E-state index is 0.0491. The van der Waals surface area contributed by atoms with Gasteiger partial charge in [0.05, 0.1) is 6.61 Å². The Kier molecular flexibility index (Phi) is 7.77. The molecule has 0 aromatic carbocycles. The highest BCUT2D eigenvalue weighted by Gasteiger charge is 2.55. The molecule has 190 valence electrons. The molecule has 2 N–H and O–H groups in total. The molecule has 0 aromatic heterocycles. The zero-order valence-electron chi connectivity index (χ0n) is 21.3. The van der Waals surface area contributed by atoms with Crippen molar-refractivity contribution in [3.8, 4) is 0 Å². The highest BCUT2D eigenvalue weighted by atomic mass is 16.8. The Bertz CT molecular complexity index is 755. The second kappa shape index (κ2) is 9.38. The molecule has 0 radical (unpaired) electrons. The third kappa shape index (κ3) is 7.28. The van der Waals surface area contributed by atoms with Crippen molar-refractivity contribution < 1.29 is 38.4 Å². The summed E-state index contributed by atoms with van der Waals surface area (Å²) in [6.07, 6.45) is -0.411. The summed E-state index contributed by atoms with van der Waals surface area (Å²) in [6.45, 7) is 15.0. The van der Waals surface area contributed by atoms with E-state index in [0.717, 1.165) is 0 Å². The van der Waals surface area contributed by atoms with Crippen LogP contribution in [0.1, 0.15) is 75.2 Å². The van der Waals surface area contributed by atoms with E-state index >= 15 is 0 Å². The van der Waals surface area contributed by atoms with Gasteiger partial charge in [-0.15, -0.1) is 0 Å². The van der Waals surface area contributed by atoms with Crippen molar-refractivity contribution in [3.05, 3.63) is 0 Å². The van der Waals surface area contributed by atoms with E-state index in [9.17, 15) is 19.5 Å². The second-order valence-corrected chi connectivity index (χ2v) is 11.4. The van der Waals surface area contributed by atoms with Crippen LogP contribution in [0.25, 0.3) is 0 Å². The molecule has 2 saturated heterocycles. The molecular formula is C23H40N2O8. The molecule has 2 fully saturated rings. The van der Waals surface area contributed by atoms with E-state index in [1.165, 1.54) is 11.8 Å². The van der Waals surface area contributed by atoms with E-state index in [-0.39, 0.29) is 32.0 Å². The van der Waals surface area contributed by atoms with Gasteiger partial charge < -0.3 is 29.4 Å². The van der Waals surface area contributed by atoms with Gasteiger partial charge in [-0.25, -0.2) is 9.59 Å². The van der Waals surface area contributed by atoms with Crippen molar-refractivity contribution in [2.24, 2.45) is 5.92 Å². The molecule has 0 aliphatic carbocycles. The number of likely N-dealkylation sites (tertiary alicyclic amines) is 1. The summed E-state index contributed by atoms with van der Waals surface area (Å²) < 4.78 is 23.0. The summed E-state index contributed by atoms with van der Waals surface area (Å²) in [4.78, 5) is 39.7. The predicted molar refractivity (Wildman–Crippen MR) is 119 cm³/mol. The number of carbonyl (C=O) groups is 3. The number of hydrogen-bond donors (Lipinski definition) is 2. The minimum Gasteiger partial charge on any atom is -0.458 e. The van der Waals surface area contributed by atoms with Gasteiger partial charge in [-0.2, -0.15) is 0 Å². The highest BCUT2D eigenvalue weighted by Crippen LogP contribution is 2.40. The highest BCUT2D eigenvalue weighted by molar-refractivity contribution is 5.83. The molecule has 10 nitrogen and oxygen atoms in total. The summed E-state index contributed by atoms with van der Waals surface area (Å²) in [5, 5.41) is 13.0. The molecule has 2 unspecified atom stereocenters. The Balaban J connectivity index is 2.45. The van der Waals surface area contributed by atoms with Crippen LogP contribution in [0.3, 0.4) is 0 Å². The van der Waals surface area contributed by atoms with Crippen LogP contribution in [0.15, 0.2) is 0 Å². The van der Waals surface area contributed by atoms with Crippen molar-refractivity contribution >= 4 is 18.0 Å². The Labute approximate surface area is 196 Å². The molecule has 10 heteroatoms. The lowest BCUT2D eigenvalue weighted by Gasteiger charge is -2.38. The molecule has 0 saturated carbocycles. The van der Waals surface area contributed by atoms with Gasteiger partial charge in [-0.1, -0.05) is 0 Å². The molecule has 4 atom stereocenters. The number of nitrogens with zero attached hydrogens (tertiary/aromatic N) is 1. The molecule has 0 bridgehead atoms. The zero-order valence-corrected chi connectivity index (χ0v) is 21.3. The first-order valence-corrected chi connectivity index (χ1v) is 11.3. The van der Waals surface area contributed by atoms with Gasteiger partial charge in [0.25, 0.3) is 0 Å². The molecule has 2 amide bonds. The maximum atomic E-state index is 13.3. The average molecular weight is 473 g/mol. The summed E-state index contributed by atoms with van der Waals surface area (Å²) in [7, 11) is 0. The lowest BCUT2D eigenvalue weighted by atomic mass is 9.92. The maximum absolute atomic E-state index is 13.3. The van der Waals surface area contributed by atoms with E-state index in [4.69, 9.17) is 18.9 Å². The molecule has 2 aliphatic rings. The zero-order chi connectivity index (χ0) is 25.4. The SMILES string of the molecule is CC(=O)NC1(C[C@@H]2[C@H](CO)CC(C(=O)OC(C)(C)C)N2C(=O)OC(C)(C)C)COC(C)(C)O1. The first kappa shape index (κ1) is 27.3. The van der Waals surface area contributed by atoms with Gasteiger partial charge in [-0.05, 0) is 61.8 Å². The smallest absolute Gasteiger partial charge is 0.411 e. The summed E-state index contributed by atoms with van der Waals surface area (Å²) in [5.74, 6) is -2.33. The lowest BCUT2D eigenvalue weighted by Crippen LogP contribution is -2.57. The third-order valence-electron chi connectivity index (χ3n) is 5.32. The number of rotatable bonds is 5. The van der Waals surface area contributed by atoms with Crippen LogP contribution in [0.4, 0.5) is 4.79 Å². The maximum Gasteiger partial charge on any atom is 0.411 e. The quantitative estimate of drug-likeness (QED) is 0.585. The monoisotopic (exact) mass is 472 g/mol. The Morgan fingerprint density at radius 1 is 1.09 bits per heavy atom. The van der Waals surface area contributed by atoms with Crippen molar-refractivity contribution in [1.82, 2.24) is 10.2 Å². The van der Waals surface area contributed by atoms with Crippen LogP contribution in [0, 0.1) is 5.92 Å². The molecule has 2 heterocycles. The normalized spacial score (nSPS) is 29.6. The van der Waals surface area contributed by atoms with Crippen LogP contribution in [-0.2, 0) is 28.5 Å². The standard InChI is InChI=1S/C23H40N2O8/c1-14(27)24-23(13-30-22(8,9)33-23)11-17-15(12-26)10-16(18(28)31-20(2,3)4)25(17)19(29)32-21(5,6)7/h15-17,26H,10-13H2,1-9H3,(H,24,27)/t15-,16?,17+,23?/m0/s1. The first-order chi connectivity index (χ1) is 14.9. The minimum atomic E-state index is -1.24. The van der Waals surface area contributed by atoms with Crippen LogP contribution in [-0.4, -0.2) is 76.0 Å². The fourth-order valence-electron chi connectivity index (χ4n) is 4.33. The third-order valence-corrected chi connectivity index (χ3v) is 5.32. The molecule has 2 aliphatic heterocycles. The van der Waals surface area contributed by atoms with Crippen LogP contribution in [0.5, 0.6) is 0 Å². The number of hydrogen-bond acceptors (Lipinski definition) is 8. The summed E-state index contributed by atoms with van der Waals surface area (Å²) in [6, 6.07) is -1.63. The average Bonchev–Trinajstić information content (AvgIpc) is 3.08. The fourth-order valence-corrected chi connectivity index (χ4v) is 4.33. The number of esters is 1. The predicted octanol–water partition coefficient (Wildman–Crippen LogP) is 2.32. The molecule has 2 rings (SSSR count). The van der Waals surface area contributed by atoms with Crippen molar-refractivity contribution in [2.45, 2.75) is 110 Å². The van der Waals surface area contributed by atoms with Crippen molar-refractivity contribution in [2.75, 3.05) is 13.2 Å². The Morgan fingerprint density at radius 2 is 1.67 bits per heavy atom. The van der Waals surface area contributed by atoms with E-state index < -0.39 is 52.8 Å². The number of aliphatic hydroxyl groups is 1. The second-order valence-electron chi connectivity index (χ2n) is 11.4. The molecular weight excluding hydrogens is 432 g/mol. The molecule has 0 spiro atoms. The van der Waals surface area contributed by atoms with Gasteiger partial charge in [0.1, 0.15) is 17.2 Å². The first-order valence-electron chi connectivity index (χ1n) is 11.3. The topological polar surface area (TPSA) is 124 Å². The van der Waals surface area contributed by atoms with Gasteiger partial charge >= 0.3 is 12.1 Å². The van der Waals surface area contributed by atoms with Gasteiger partial charge in [0.2, 0.25) is 5.91 Å². The molecule has 33 heavy (non-hydrogen) atoms. The Hall–Kier alpha value is -1.91. The molecule has 0 aromatic rings. The number of amides is 2. The number of ether oxygens (including phenoxy) is 4. The van der Waals surface area contributed by atoms with Crippen LogP contribution in [0.2, 0.25) is 0 Å². The number of aliphatic hydroxyl groups excluding tert-OH is 1. The largest absolute Gasteiger partial charge is 0.458 e. The van der Waals surface area contributed by atoms with Crippen molar-refractivity contribution in [3.63, 3.8) is 0 Å². The van der Waals surface area contributed by atoms with Gasteiger partial charge in [0, 0.05) is 31.9 Å². The fraction of sp³-hybridized carbons (Fsp3) is 0.870. The number of carbonyl (C=O) groups excluding carboxylic acids is 3. The van der Waals surface area contributed by atoms with Crippen LogP contribution >= 0.6 is 0 Å². The van der Waals surface area contributed by atoms with Crippen LogP contribution < -0.4 is 5.32 Å². The van der Waals surface area contributed by atoms with Gasteiger partial charge in [-0.3, -0.25) is 9.69 Å². The Morgan fingerprint density at radius 3 is 2.09 bits per heavy atom. The lowest BCUT2D eigenvalue weighted by molar-refractivity contribution is -0.177. The number of nitrogens with one attached hydrogen (secondary N) is 1. The summed E-state index contributed by atoms with van der Waals surface area (Å²) >= 11 is 0. The summed E-state index contributed by atoms with van der Waals surface area (Å²) in [5.41, 5.74) is -2.80.